The normalized spacial score (nSPS) is 20.7. The van der Waals surface area contributed by atoms with Crippen LogP contribution in [0.4, 0.5) is 18.9 Å². The Morgan fingerprint density at radius 3 is 2.54 bits per heavy atom. The van der Waals surface area contributed by atoms with Crippen LogP contribution in [0.15, 0.2) is 54.7 Å². The molecule has 1 aliphatic rings. The lowest BCUT2D eigenvalue weighted by Gasteiger charge is -2.34. The van der Waals surface area contributed by atoms with Crippen LogP contribution < -0.4 is 4.72 Å². The summed E-state index contributed by atoms with van der Waals surface area (Å²) in [5, 5.41) is 0.895. The summed E-state index contributed by atoms with van der Waals surface area (Å²) in [4.78, 5) is 4.36. The van der Waals surface area contributed by atoms with E-state index in [9.17, 15) is 17.7 Å². The predicted octanol–water partition coefficient (Wildman–Crippen LogP) is 4.28. The fourth-order valence-corrected chi connectivity index (χ4v) is 4.15. The minimum Gasteiger partial charge on any atom is -0.573 e. The molecule has 2 atom stereocenters. The summed E-state index contributed by atoms with van der Waals surface area (Å²) in [5.41, 5.74) is 2.07. The topological polar surface area (TPSA) is 51.2 Å². The van der Waals surface area contributed by atoms with Crippen molar-refractivity contribution in [3.05, 3.63) is 71.4 Å². The number of pyridine rings is 1. The van der Waals surface area contributed by atoms with Crippen LogP contribution in [0.3, 0.4) is 0 Å². The van der Waals surface area contributed by atoms with Crippen molar-refractivity contribution in [1.82, 2.24) is 9.29 Å². The molecular formula is C18H14F3N3OS. The zero-order valence-electron chi connectivity index (χ0n) is 13.6. The van der Waals surface area contributed by atoms with E-state index in [1.807, 2.05) is 24.3 Å². The van der Waals surface area contributed by atoms with Gasteiger partial charge in [-0.3, -0.25) is 4.98 Å². The molecule has 8 heteroatoms. The molecule has 4 nitrogen and oxygen atoms in total. The minimum absolute atomic E-state index is 0.444. The van der Waals surface area contributed by atoms with Crippen molar-refractivity contribution in [2.45, 2.75) is 12.2 Å². The van der Waals surface area contributed by atoms with Crippen molar-refractivity contribution in [2.24, 2.45) is 0 Å². The maximum absolute atomic E-state index is 12.8. The summed E-state index contributed by atoms with van der Waals surface area (Å²) < 4.78 is 55.6. The van der Waals surface area contributed by atoms with E-state index in [1.165, 1.54) is 12.1 Å². The monoisotopic (exact) mass is 377 g/mol. The molecule has 1 N–H and O–H groups in total. The molecule has 1 aromatic heterocycles. The Bertz CT molecular complexity index is 962. The molecule has 0 fully saturated rings. The fourth-order valence-electron chi connectivity index (χ4n) is 3.19. The van der Waals surface area contributed by atoms with Gasteiger partial charge in [0, 0.05) is 24.2 Å². The zero-order chi connectivity index (χ0) is 18.5. The predicted molar refractivity (Wildman–Crippen MR) is 94.6 cm³/mol. The number of alkyl halides is 3. The van der Waals surface area contributed by atoms with Crippen LogP contribution in [0, 0.1) is 0 Å². The first kappa shape index (κ1) is 17.1. The van der Waals surface area contributed by atoms with Crippen molar-refractivity contribution >= 4 is 28.1 Å². The summed E-state index contributed by atoms with van der Waals surface area (Å²) in [7, 11) is 1.66. The van der Waals surface area contributed by atoms with Crippen molar-refractivity contribution in [3.63, 3.8) is 0 Å². The number of nitrogens with one attached hydrogen (secondary N) is 1. The molecule has 0 saturated carbocycles. The molecule has 4 rings (SSSR count). The van der Waals surface area contributed by atoms with Crippen molar-refractivity contribution in [1.29, 1.82) is 0 Å². The lowest BCUT2D eigenvalue weighted by Crippen LogP contribution is -2.40. The van der Waals surface area contributed by atoms with Gasteiger partial charge >= 0.3 is 6.18 Å². The van der Waals surface area contributed by atoms with E-state index in [0.717, 1.165) is 23.1 Å². The van der Waals surface area contributed by atoms with Crippen molar-refractivity contribution in [3.8, 4) is 0 Å². The van der Waals surface area contributed by atoms with Crippen molar-refractivity contribution in [2.75, 3.05) is 11.8 Å². The Kier molecular flexibility index (Phi) is 4.06. The van der Waals surface area contributed by atoms with E-state index in [2.05, 4.69) is 9.71 Å². The summed E-state index contributed by atoms with van der Waals surface area (Å²) >= 11 is -1.53. The first-order chi connectivity index (χ1) is 12.4. The van der Waals surface area contributed by atoms with Gasteiger partial charge in [0.2, 0.25) is 0 Å². The Labute approximate surface area is 151 Å². The average Bonchev–Trinajstić information content (AvgIpc) is 2.62. The molecule has 0 aliphatic carbocycles. The van der Waals surface area contributed by atoms with Gasteiger partial charge in [0.15, 0.2) is 11.5 Å². The zero-order valence-corrected chi connectivity index (χ0v) is 14.4. The van der Waals surface area contributed by atoms with E-state index >= 15 is 0 Å². The van der Waals surface area contributed by atoms with E-state index in [4.69, 9.17) is 0 Å². The number of fused-ring (bicyclic) bond motifs is 3. The largest absolute Gasteiger partial charge is 0.573 e. The van der Waals surface area contributed by atoms with Gasteiger partial charge < -0.3 is 4.55 Å². The van der Waals surface area contributed by atoms with Gasteiger partial charge in [-0.15, -0.1) is 0 Å². The molecular weight excluding hydrogens is 363 g/mol. The number of hydrogen-bond acceptors (Lipinski definition) is 4. The van der Waals surface area contributed by atoms with Crippen molar-refractivity contribution < 1.29 is 17.7 Å². The lowest BCUT2D eigenvalue weighted by molar-refractivity contribution is -0.137. The Balaban J connectivity index is 1.85. The third kappa shape index (κ3) is 2.80. The van der Waals surface area contributed by atoms with Crippen LogP contribution in [0.25, 0.3) is 10.9 Å². The molecule has 1 aliphatic heterocycles. The Morgan fingerprint density at radius 2 is 1.85 bits per heavy atom. The number of rotatable bonds is 1. The third-order valence-corrected chi connectivity index (χ3v) is 5.58. The number of hydrogen-bond donors (Lipinski definition) is 1. The summed E-state index contributed by atoms with van der Waals surface area (Å²) in [5.74, 6) is 0. The molecule has 0 radical (unpaired) electrons. The van der Waals surface area contributed by atoms with Crippen LogP contribution >= 0.6 is 0 Å². The first-order valence-electron chi connectivity index (χ1n) is 7.82. The maximum Gasteiger partial charge on any atom is 0.416 e. The second-order valence-corrected chi connectivity index (χ2v) is 7.30. The molecule has 2 aromatic carbocycles. The van der Waals surface area contributed by atoms with Gasteiger partial charge in [-0.25, -0.2) is 0 Å². The molecule has 0 amide bonds. The quantitative estimate of drug-likeness (QED) is 0.643. The minimum atomic E-state index is -4.39. The first-order valence-corrected chi connectivity index (χ1v) is 8.93. The van der Waals surface area contributed by atoms with E-state index in [-0.39, 0.29) is 0 Å². The number of benzene rings is 2. The average molecular weight is 377 g/mol. The van der Waals surface area contributed by atoms with E-state index < -0.39 is 29.3 Å². The molecule has 0 bridgehead atoms. The van der Waals surface area contributed by atoms with Gasteiger partial charge in [0.05, 0.1) is 11.1 Å². The molecule has 134 valence electrons. The maximum atomic E-state index is 12.8. The molecule has 26 heavy (non-hydrogen) atoms. The number of anilines is 1. The SMILES string of the molecule is CN1C(c2ccc(C(F)(F)F)cc2)c2ccc3cccnc3c2N[S+]1[O-]. The number of halogens is 3. The van der Waals surface area contributed by atoms with Crippen LogP contribution in [0.1, 0.15) is 22.7 Å². The second-order valence-electron chi connectivity index (χ2n) is 6.02. The molecule has 2 heterocycles. The van der Waals surface area contributed by atoms with Gasteiger partial charge in [-0.1, -0.05) is 34.6 Å². The van der Waals surface area contributed by atoms with Gasteiger partial charge in [-0.05, 0) is 23.8 Å². The van der Waals surface area contributed by atoms with Gasteiger partial charge in [-0.2, -0.15) is 17.9 Å². The van der Waals surface area contributed by atoms with Crippen LogP contribution in [0.2, 0.25) is 0 Å². The summed E-state index contributed by atoms with van der Waals surface area (Å²) in [6.45, 7) is 0. The molecule has 0 saturated heterocycles. The molecule has 3 aromatic rings. The number of nitrogens with zero attached hydrogens (tertiary/aromatic N) is 2. The van der Waals surface area contributed by atoms with Crippen LogP contribution in [0.5, 0.6) is 0 Å². The highest BCUT2D eigenvalue weighted by Crippen LogP contribution is 2.42. The summed E-state index contributed by atoms with van der Waals surface area (Å²) in [6.07, 6.45) is -2.74. The fraction of sp³-hybridized carbons (Fsp3) is 0.167. The number of aromatic nitrogens is 1. The highest BCUT2D eigenvalue weighted by Gasteiger charge is 2.38. The highest BCUT2D eigenvalue weighted by molar-refractivity contribution is 7.90. The Morgan fingerprint density at radius 1 is 1.12 bits per heavy atom. The van der Waals surface area contributed by atoms with E-state index in [1.54, 1.807) is 17.5 Å². The Hall–Kier alpha value is -2.29. The lowest BCUT2D eigenvalue weighted by atomic mass is 9.95. The van der Waals surface area contributed by atoms with E-state index in [0.29, 0.717) is 16.8 Å². The summed E-state index contributed by atoms with van der Waals surface area (Å²) in [6, 6.07) is 12.0. The second kappa shape index (κ2) is 6.15. The third-order valence-electron chi connectivity index (χ3n) is 4.47. The molecule has 0 spiro atoms. The molecule has 2 unspecified atom stereocenters. The van der Waals surface area contributed by atoms with Gasteiger partial charge in [0.25, 0.3) is 0 Å². The highest BCUT2D eigenvalue weighted by atomic mass is 32.2. The standard InChI is InChI=1S/C18H14F3N3OS/c1-24-17(12-4-7-13(8-5-12)18(19,20)21)14-9-6-11-3-2-10-22-15(11)16(14)23-26(24)25/h2-10,17,23H,1H3. The van der Waals surface area contributed by atoms with Crippen LogP contribution in [-0.2, 0) is 17.7 Å². The van der Waals surface area contributed by atoms with Crippen LogP contribution in [-0.4, -0.2) is 20.9 Å². The van der Waals surface area contributed by atoms with Gasteiger partial charge in [0.1, 0.15) is 11.7 Å². The smallest absolute Gasteiger partial charge is 0.416 e.